The normalized spacial score (nSPS) is 15.2. The van der Waals surface area contributed by atoms with Gasteiger partial charge in [-0.05, 0) is 75.0 Å². The van der Waals surface area contributed by atoms with Crippen molar-refractivity contribution < 1.29 is 27.0 Å². The van der Waals surface area contributed by atoms with Crippen molar-refractivity contribution in [3.05, 3.63) is 113 Å². The van der Waals surface area contributed by atoms with Gasteiger partial charge in [-0.3, -0.25) is 4.90 Å². The Bertz CT molecular complexity index is 1660. The third-order valence-corrected chi connectivity index (χ3v) is 8.85. The van der Waals surface area contributed by atoms with E-state index < -0.39 is 19.0 Å². The Labute approximate surface area is 295 Å². The molecule has 0 saturated carbocycles. The first-order chi connectivity index (χ1) is 24.2. The van der Waals surface area contributed by atoms with Gasteiger partial charge < -0.3 is 14.0 Å². The molecule has 0 N–H and O–H groups in total. The number of unbranched alkanes of at least 4 members (excludes halogenated alkanes) is 1. The lowest BCUT2D eigenvalue weighted by Crippen LogP contribution is -2.37. The molecule has 0 amide bonds. The van der Waals surface area contributed by atoms with Crippen LogP contribution in [0.3, 0.4) is 0 Å². The van der Waals surface area contributed by atoms with Gasteiger partial charge >= 0.3 is 12.3 Å². The monoisotopic (exact) mass is 693 g/mol. The molecule has 4 rings (SSSR count). The average Bonchev–Trinajstić information content (AvgIpc) is 3.74. The predicted molar refractivity (Wildman–Crippen MR) is 194 cm³/mol. The van der Waals surface area contributed by atoms with Crippen LogP contribution in [0, 0.1) is 0 Å². The maximum absolute atomic E-state index is 14.6. The fourth-order valence-corrected chi connectivity index (χ4v) is 6.11. The Balaban J connectivity index is 1.79. The van der Waals surface area contributed by atoms with Gasteiger partial charge in [-0.1, -0.05) is 86.5 Å². The molecule has 3 aromatic rings. The molecule has 1 aliphatic heterocycles. The summed E-state index contributed by atoms with van der Waals surface area (Å²) < 4.78 is 67.6. The molecule has 1 aliphatic rings. The smallest absolute Gasteiger partial charge is 0.336 e. The largest absolute Gasteiger partial charge is 0.493 e. The van der Waals surface area contributed by atoms with Gasteiger partial charge in [0.1, 0.15) is 17.3 Å². The second kappa shape index (κ2) is 18.8. The maximum Gasteiger partial charge on any atom is 0.336 e. The van der Waals surface area contributed by atoms with Crippen LogP contribution in [0.4, 0.5) is 17.6 Å². The van der Waals surface area contributed by atoms with Crippen LogP contribution in [0.25, 0.3) is 17.0 Å². The molecule has 50 heavy (non-hydrogen) atoms. The summed E-state index contributed by atoms with van der Waals surface area (Å²) >= 11 is 0. The van der Waals surface area contributed by atoms with Gasteiger partial charge in [-0.15, -0.1) is 0 Å². The lowest BCUT2D eigenvalue weighted by molar-refractivity contribution is -0.205. The van der Waals surface area contributed by atoms with E-state index in [1.165, 1.54) is 17.2 Å². The van der Waals surface area contributed by atoms with Gasteiger partial charge in [0.2, 0.25) is 0 Å². The fourth-order valence-electron chi connectivity index (χ4n) is 6.11. The van der Waals surface area contributed by atoms with E-state index in [1.807, 2.05) is 31.2 Å². The Morgan fingerprint density at radius 2 is 1.90 bits per heavy atom. The number of ether oxygens (including phenoxy) is 2. The van der Waals surface area contributed by atoms with Crippen molar-refractivity contribution >= 4 is 5.57 Å². The Morgan fingerprint density at radius 3 is 2.56 bits per heavy atom. The quantitative estimate of drug-likeness (QED) is 0.0712. The summed E-state index contributed by atoms with van der Waals surface area (Å²) in [4.78, 5) is 7.58. The fraction of sp³-hybridized carbons (Fsp3) is 0.439. The van der Waals surface area contributed by atoms with Crippen LogP contribution in [0.15, 0.2) is 90.2 Å². The van der Waals surface area contributed by atoms with Gasteiger partial charge in [-0.2, -0.15) is 4.39 Å². The molecule has 270 valence electrons. The molecule has 0 spiro atoms. The van der Waals surface area contributed by atoms with Crippen LogP contribution in [0.1, 0.15) is 82.8 Å². The number of fused-ring (bicyclic) bond motifs is 1. The highest BCUT2D eigenvalue weighted by molar-refractivity contribution is 5.69. The number of halogens is 4. The van der Waals surface area contributed by atoms with Crippen molar-refractivity contribution in [3.8, 4) is 17.1 Å². The predicted octanol–water partition coefficient (Wildman–Crippen LogP) is 10.8. The van der Waals surface area contributed by atoms with Crippen LogP contribution >= 0.6 is 0 Å². The van der Waals surface area contributed by atoms with Gasteiger partial charge in [0.15, 0.2) is 6.67 Å². The molecule has 2 heterocycles. The molecule has 9 heteroatoms. The van der Waals surface area contributed by atoms with E-state index in [1.54, 1.807) is 19.1 Å². The zero-order chi connectivity index (χ0) is 36.1. The van der Waals surface area contributed by atoms with Gasteiger partial charge in [0.05, 0.1) is 18.0 Å². The number of allylic oxidation sites excluding steroid dienone is 6. The third kappa shape index (κ3) is 9.99. The molecule has 1 atom stereocenters. The van der Waals surface area contributed by atoms with Gasteiger partial charge in [0, 0.05) is 38.2 Å². The highest BCUT2D eigenvalue weighted by Crippen LogP contribution is 2.32. The van der Waals surface area contributed by atoms with Crippen LogP contribution < -0.4 is 4.74 Å². The summed E-state index contributed by atoms with van der Waals surface area (Å²) in [6.07, 6.45) is 9.25. The second-order valence-electron chi connectivity index (χ2n) is 12.6. The number of imidazole rings is 1. The van der Waals surface area contributed by atoms with Crippen molar-refractivity contribution in [3.63, 3.8) is 0 Å². The van der Waals surface area contributed by atoms with E-state index in [4.69, 9.17) is 14.5 Å². The van der Waals surface area contributed by atoms with Crippen LogP contribution in [-0.4, -0.2) is 46.6 Å². The number of hydrogen-bond acceptors (Lipinski definition) is 4. The molecular weight excluding hydrogens is 642 g/mol. The first-order valence-electron chi connectivity index (χ1n) is 17.7. The van der Waals surface area contributed by atoms with Crippen molar-refractivity contribution in [1.82, 2.24) is 14.5 Å². The highest BCUT2D eigenvalue weighted by atomic mass is 19.3. The number of alkyl halides is 4. The minimum absolute atomic E-state index is 0.139. The number of nitrogens with zero attached hydrogens (tertiary/aromatic N) is 3. The summed E-state index contributed by atoms with van der Waals surface area (Å²) in [6.45, 7) is 11.2. The second-order valence-corrected chi connectivity index (χ2v) is 12.6. The molecule has 2 aromatic carbocycles. The van der Waals surface area contributed by atoms with E-state index in [0.29, 0.717) is 32.7 Å². The Morgan fingerprint density at radius 1 is 1.12 bits per heavy atom. The zero-order valence-electron chi connectivity index (χ0n) is 30.0. The summed E-state index contributed by atoms with van der Waals surface area (Å²) in [5.41, 5.74) is 7.61. The van der Waals surface area contributed by atoms with E-state index in [9.17, 15) is 17.6 Å². The van der Waals surface area contributed by atoms with Crippen LogP contribution in [0.2, 0.25) is 0 Å². The molecule has 1 unspecified atom stereocenters. The third-order valence-electron chi connectivity index (χ3n) is 8.85. The summed E-state index contributed by atoms with van der Waals surface area (Å²) in [6, 6.07) is 16.5. The molecule has 5 nitrogen and oxygen atoms in total. The molecule has 1 aromatic heterocycles. The average molecular weight is 694 g/mol. The van der Waals surface area contributed by atoms with E-state index >= 15 is 0 Å². The summed E-state index contributed by atoms with van der Waals surface area (Å²) in [5.74, 6) is -2.03. The minimum atomic E-state index is -3.71. The van der Waals surface area contributed by atoms with Crippen molar-refractivity contribution in [2.45, 2.75) is 98.6 Å². The van der Waals surface area contributed by atoms with E-state index in [2.05, 4.69) is 66.7 Å². The summed E-state index contributed by atoms with van der Waals surface area (Å²) in [5, 5.41) is 0. The Hall–Kier alpha value is -4.11. The van der Waals surface area contributed by atoms with Crippen LogP contribution in [0.5, 0.6) is 5.75 Å². The van der Waals surface area contributed by atoms with E-state index in [0.717, 1.165) is 71.9 Å². The van der Waals surface area contributed by atoms with Gasteiger partial charge in [-0.25, -0.2) is 18.2 Å². The highest BCUT2D eigenvalue weighted by Gasteiger charge is 2.43. The molecule has 0 radical (unpaired) electrons. The molecule has 0 fully saturated rings. The van der Waals surface area contributed by atoms with E-state index in [-0.39, 0.29) is 5.76 Å². The van der Waals surface area contributed by atoms with Crippen molar-refractivity contribution in [1.29, 1.82) is 0 Å². The Kier molecular flexibility index (Phi) is 14.5. The van der Waals surface area contributed by atoms with Crippen LogP contribution in [-0.2, 0) is 30.8 Å². The standard InChI is InChI=1S/C41H51F4N3O2/c1-6-10-23-48-36(38(30(5)25-31(8-3)9-4)46-39(48)33-16-12-11-13-17-33)28-47(27-32-19-20-37-34(26-32)21-24-49-37)22-14-18-35(15-7-2)50-41(45,29-42)40(43)44/h7-8,11-13,15-20,25-26,40H,6,9-10,14,21-24,27-29H2,1-5H3/b15-7-,30-25+,31-8-,35-18+. The molecule has 0 bridgehead atoms. The lowest BCUT2D eigenvalue weighted by atomic mass is 10.1. The molecular formula is C41H51F4N3O2. The van der Waals surface area contributed by atoms with Crippen molar-refractivity contribution in [2.75, 3.05) is 19.8 Å². The first kappa shape index (κ1) is 38.7. The maximum atomic E-state index is 14.6. The summed E-state index contributed by atoms with van der Waals surface area (Å²) in [7, 11) is 0. The zero-order valence-corrected chi connectivity index (χ0v) is 30.0. The number of aromatic nitrogens is 2. The van der Waals surface area contributed by atoms with Gasteiger partial charge in [0.25, 0.3) is 0 Å². The number of rotatable bonds is 19. The number of hydrogen-bond donors (Lipinski definition) is 0. The molecule has 0 aliphatic carbocycles. The minimum Gasteiger partial charge on any atom is -0.493 e. The number of benzene rings is 2. The lowest BCUT2D eigenvalue weighted by Gasteiger charge is -2.25. The van der Waals surface area contributed by atoms with Crippen molar-refractivity contribution in [2.24, 2.45) is 0 Å². The molecule has 0 saturated heterocycles. The topological polar surface area (TPSA) is 39.5 Å². The SMILES string of the molecule is C/C=C\C(=C/CCN(Cc1ccc2c(c1)CCO2)Cc1c(/C(C)=C/C(=C\C)CC)nc(-c2ccccc2)n1CCCC)OC(F)(CF)C(F)F. The first-order valence-corrected chi connectivity index (χ1v) is 17.7.